The van der Waals surface area contributed by atoms with Crippen LogP contribution in [0.2, 0.25) is 5.02 Å². The van der Waals surface area contributed by atoms with Gasteiger partial charge in [-0.2, -0.15) is 0 Å². The van der Waals surface area contributed by atoms with Gasteiger partial charge in [0.2, 0.25) is 0 Å². The Morgan fingerprint density at radius 3 is 2.50 bits per heavy atom. The number of nitrogen functional groups attached to an aromatic ring is 1. The van der Waals surface area contributed by atoms with Crippen LogP contribution in [0.25, 0.3) is 0 Å². The lowest BCUT2D eigenvalue weighted by atomic mass is 10.3. The first-order valence-electron chi connectivity index (χ1n) is 5.32. The van der Waals surface area contributed by atoms with Crippen molar-refractivity contribution in [3.05, 3.63) is 53.1 Å². The molecule has 0 fully saturated rings. The van der Waals surface area contributed by atoms with Crippen molar-refractivity contribution in [2.75, 3.05) is 10.5 Å². The Hall–Kier alpha value is -1.86. The van der Waals surface area contributed by atoms with Gasteiger partial charge in [0.05, 0.1) is 11.4 Å². The first kappa shape index (κ1) is 14.5. The molecule has 0 saturated carbocycles. The summed E-state index contributed by atoms with van der Waals surface area (Å²) in [6.07, 6.45) is 0. The van der Waals surface area contributed by atoms with Crippen LogP contribution in [0.4, 0.5) is 20.2 Å². The van der Waals surface area contributed by atoms with Gasteiger partial charge in [-0.15, -0.1) is 0 Å². The maximum absolute atomic E-state index is 13.5. The summed E-state index contributed by atoms with van der Waals surface area (Å²) in [4.78, 5) is -0.808. The number of rotatable bonds is 3. The Balaban J connectivity index is 2.46. The predicted molar refractivity (Wildman–Crippen MR) is 73.0 cm³/mol. The molecule has 0 unspecified atom stereocenters. The third-order valence-corrected chi connectivity index (χ3v) is 4.06. The van der Waals surface area contributed by atoms with Crippen molar-refractivity contribution in [3.63, 3.8) is 0 Å². The van der Waals surface area contributed by atoms with E-state index in [0.29, 0.717) is 6.07 Å². The summed E-state index contributed by atoms with van der Waals surface area (Å²) in [5, 5.41) is 0.247. The molecule has 0 atom stereocenters. The Morgan fingerprint density at radius 2 is 1.80 bits per heavy atom. The van der Waals surface area contributed by atoms with Gasteiger partial charge < -0.3 is 5.73 Å². The molecule has 8 heteroatoms. The highest BCUT2D eigenvalue weighted by Gasteiger charge is 2.21. The maximum atomic E-state index is 13.5. The molecule has 0 aliphatic carbocycles. The maximum Gasteiger partial charge on any atom is 0.264 e. The van der Waals surface area contributed by atoms with E-state index in [2.05, 4.69) is 4.72 Å². The first-order valence-corrected chi connectivity index (χ1v) is 7.18. The molecule has 0 radical (unpaired) electrons. The molecule has 0 bridgehead atoms. The number of anilines is 2. The van der Waals surface area contributed by atoms with Gasteiger partial charge in [0.1, 0.15) is 16.5 Å². The number of benzene rings is 2. The van der Waals surface area contributed by atoms with E-state index in [4.69, 9.17) is 17.3 Å². The molecule has 0 heterocycles. The van der Waals surface area contributed by atoms with Crippen molar-refractivity contribution < 1.29 is 17.2 Å². The van der Waals surface area contributed by atoms with Gasteiger partial charge in [-0.25, -0.2) is 17.2 Å². The number of nitrogens with two attached hydrogens (primary N) is 1. The monoisotopic (exact) mass is 318 g/mol. The molecular weight excluding hydrogens is 310 g/mol. The molecule has 0 amide bonds. The Kier molecular flexibility index (Phi) is 3.82. The number of nitrogens with one attached hydrogen (secondary N) is 1. The fraction of sp³-hybridized carbons (Fsp3) is 0. The Morgan fingerprint density at radius 1 is 1.10 bits per heavy atom. The van der Waals surface area contributed by atoms with Crippen LogP contribution in [-0.2, 0) is 10.0 Å². The zero-order valence-corrected chi connectivity index (χ0v) is 11.5. The average Bonchev–Trinajstić information content (AvgIpc) is 2.36. The fourth-order valence-corrected chi connectivity index (χ4v) is 2.84. The van der Waals surface area contributed by atoms with Gasteiger partial charge in [-0.05, 0) is 36.4 Å². The second-order valence-corrected chi connectivity index (χ2v) is 6.00. The second-order valence-electron chi connectivity index (χ2n) is 3.91. The van der Waals surface area contributed by atoms with E-state index in [9.17, 15) is 17.2 Å². The molecule has 106 valence electrons. The third-order valence-electron chi connectivity index (χ3n) is 2.44. The van der Waals surface area contributed by atoms with E-state index in [-0.39, 0.29) is 16.4 Å². The summed E-state index contributed by atoms with van der Waals surface area (Å²) in [5.41, 5.74) is 5.68. The van der Waals surface area contributed by atoms with Gasteiger partial charge in [-0.1, -0.05) is 11.6 Å². The zero-order valence-electron chi connectivity index (χ0n) is 9.90. The van der Waals surface area contributed by atoms with Crippen LogP contribution in [0, 0.1) is 11.6 Å². The lowest BCUT2D eigenvalue weighted by molar-refractivity contribution is 0.555. The van der Waals surface area contributed by atoms with Gasteiger partial charge in [0.25, 0.3) is 10.0 Å². The molecule has 0 spiro atoms. The molecule has 3 N–H and O–H groups in total. The molecule has 20 heavy (non-hydrogen) atoms. The fourth-order valence-electron chi connectivity index (χ4n) is 1.50. The molecule has 2 aromatic carbocycles. The van der Waals surface area contributed by atoms with Crippen molar-refractivity contribution in [2.24, 2.45) is 0 Å². The summed E-state index contributed by atoms with van der Waals surface area (Å²) in [5.74, 6) is -1.94. The lowest BCUT2D eigenvalue weighted by Gasteiger charge is -2.11. The minimum atomic E-state index is -4.31. The minimum absolute atomic E-state index is 0.0128. The zero-order chi connectivity index (χ0) is 14.9. The van der Waals surface area contributed by atoms with Crippen LogP contribution in [-0.4, -0.2) is 8.42 Å². The summed E-state index contributed by atoms with van der Waals surface area (Å²) < 4.78 is 52.7. The van der Waals surface area contributed by atoms with Crippen LogP contribution in [0.5, 0.6) is 0 Å². The standard InChI is InChI=1S/C12H9ClF2N2O2S/c13-7-1-4-10(16)11(5-7)17-20(18,19)12-6-8(14)2-3-9(12)15/h1-6,17H,16H2. The second kappa shape index (κ2) is 5.26. The highest BCUT2D eigenvalue weighted by Crippen LogP contribution is 2.26. The summed E-state index contributed by atoms with van der Waals surface area (Å²) in [6, 6.07) is 6.26. The molecule has 0 aromatic heterocycles. The molecule has 2 aromatic rings. The highest BCUT2D eigenvalue weighted by molar-refractivity contribution is 7.92. The van der Waals surface area contributed by atoms with Crippen molar-refractivity contribution in [3.8, 4) is 0 Å². The summed E-state index contributed by atoms with van der Waals surface area (Å²) in [6.45, 7) is 0. The number of hydrogen-bond donors (Lipinski definition) is 2. The molecular formula is C12H9ClF2N2O2S. The van der Waals surface area contributed by atoms with E-state index in [1.54, 1.807) is 0 Å². The van der Waals surface area contributed by atoms with Crippen molar-refractivity contribution in [1.29, 1.82) is 0 Å². The van der Waals surface area contributed by atoms with Gasteiger partial charge in [0, 0.05) is 5.02 Å². The van der Waals surface area contributed by atoms with Crippen LogP contribution in [0.15, 0.2) is 41.3 Å². The van der Waals surface area contributed by atoms with Crippen LogP contribution in [0.3, 0.4) is 0 Å². The van der Waals surface area contributed by atoms with Gasteiger partial charge in [0.15, 0.2) is 0 Å². The van der Waals surface area contributed by atoms with Gasteiger partial charge in [-0.3, -0.25) is 4.72 Å². The van der Waals surface area contributed by atoms with Crippen molar-refractivity contribution in [2.45, 2.75) is 4.90 Å². The summed E-state index contributed by atoms with van der Waals surface area (Å²) in [7, 11) is -4.31. The van der Waals surface area contributed by atoms with E-state index in [1.807, 2.05) is 0 Å². The Bertz CT molecular complexity index is 766. The topological polar surface area (TPSA) is 72.2 Å². The number of hydrogen-bond acceptors (Lipinski definition) is 3. The molecule has 0 saturated heterocycles. The normalized spacial score (nSPS) is 11.3. The van der Waals surface area contributed by atoms with E-state index in [1.165, 1.54) is 18.2 Å². The van der Waals surface area contributed by atoms with Crippen molar-refractivity contribution >= 4 is 33.0 Å². The highest BCUT2D eigenvalue weighted by atomic mass is 35.5. The average molecular weight is 319 g/mol. The van der Waals surface area contributed by atoms with E-state index >= 15 is 0 Å². The van der Waals surface area contributed by atoms with Crippen LogP contribution >= 0.6 is 11.6 Å². The first-order chi connectivity index (χ1) is 9.29. The molecule has 2 rings (SSSR count). The largest absolute Gasteiger partial charge is 0.397 e. The van der Waals surface area contributed by atoms with E-state index < -0.39 is 26.6 Å². The SMILES string of the molecule is Nc1ccc(Cl)cc1NS(=O)(=O)c1cc(F)ccc1F. The lowest BCUT2D eigenvalue weighted by Crippen LogP contribution is -2.16. The van der Waals surface area contributed by atoms with Crippen molar-refractivity contribution in [1.82, 2.24) is 0 Å². The molecule has 0 aliphatic heterocycles. The smallest absolute Gasteiger partial charge is 0.264 e. The van der Waals surface area contributed by atoms with Gasteiger partial charge >= 0.3 is 0 Å². The number of halogens is 3. The van der Waals surface area contributed by atoms with Crippen LogP contribution in [0.1, 0.15) is 0 Å². The predicted octanol–water partition coefficient (Wildman–Crippen LogP) is 3.00. The summed E-state index contributed by atoms with van der Waals surface area (Å²) >= 11 is 5.72. The van der Waals surface area contributed by atoms with E-state index in [0.717, 1.165) is 12.1 Å². The number of sulfonamides is 1. The quantitative estimate of drug-likeness (QED) is 0.854. The molecule has 0 aliphatic rings. The van der Waals surface area contributed by atoms with Crippen LogP contribution < -0.4 is 10.5 Å². The Labute approximate surface area is 119 Å². The minimum Gasteiger partial charge on any atom is -0.397 e. The molecule has 4 nitrogen and oxygen atoms in total. The third kappa shape index (κ3) is 3.00.